The van der Waals surface area contributed by atoms with Crippen molar-refractivity contribution in [3.8, 4) is 22.6 Å². The molecule has 0 spiro atoms. The summed E-state index contributed by atoms with van der Waals surface area (Å²) in [4.78, 5) is 30.3. The third-order valence-corrected chi connectivity index (χ3v) is 11.7. The fourth-order valence-corrected chi connectivity index (χ4v) is 8.77. The number of nitrogens with zero attached hydrogens (tertiary/aromatic N) is 1. The van der Waals surface area contributed by atoms with E-state index in [0.29, 0.717) is 28.9 Å². The van der Waals surface area contributed by atoms with Crippen molar-refractivity contribution in [1.29, 1.82) is 0 Å². The molecule has 1 atom stereocenters. The summed E-state index contributed by atoms with van der Waals surface area (Å²) in [5.74, 6) is -15.6. The molecule has 0 bridgehead atoms. The van der Waals surface area contributed by atoms with Gasteiger partial charge in [-0.2, -0.15) is 8.78 Å². The summed E-state index contributed by atoms with van der Waals surface area (Å²) in [5, 5.41) is 2.24. The molecule has 0 aromatic heterocycles. The lowest BCUT2D eigenvalue weighted by Gasteiger charge is -2.20. The van der Waals surface area contributed by atoms with Crippen molar-refractivity contribution in [3.63, 3.8) is 0 Å². The molecule has 1 aliphatic heterocycles. The number of alkyl carbamates (subject to hydrolysis) is 1. The summed E-state index contributed by atoms with van der Waals surface area (Å²) >= 11 is 0. The number of hydrogen-bond donors (Lipinski definition) is 3. The van der Waals surface area contributed by atoms with Crippen LogP contribution in [-0.4, -0.2) is 51.2 Å². The van der Waals surface area contributed by atoms with Crippen molar-refractivity contribution in [1.82, 2.24) is 10.0 Å². The average Bonchev–Trinajstić information content (AvgIpc) is 3.67. The largest absolute Gasteiger partial charge is 0.487 e. The number of sulfonamides is 1. The quantitative estimate of drug-likeness (QED) is 0.0216. The second kappa shape index (κ2) is 15.7. The molecule has 17 heteroatoms. The van der Waals surface area contributed by atoms with E-state index in [1.54, 1.807) is 20.8 Å². The minimum Gasteiger partial charge on any atom is -0.487 e. The van der Waals surface area contributed by atoms with E-state index in [0.717, 1.165) is 27.8 Å². The van der Waals surface area contributed by atoms with Gasteiger partial charge in [0.15, 0.2) is 0 Å². The SMILES string of the molecule is Cc1c(C)c(S(=O)(=O)NC(N)=NCCCC(NC(=O)OCC2c3ccccc3-c3ccccc32)C(=O)Oc2c(F)c(F)c(F)c(F)c2F)c(C)c2c1OC(C)(C)C2. The maximum Gasteiger partial charge on any atom is 0.407 e. The number of esters is 1. The molecule has 0 fully saturated rings. The van der Waals surface area contributed by atoms with Crippen LogP contribution in [0, 0.1) is 49.9 Å². The second-order valence-corrected chi connectivity index (χ2v) is 16.0. The molecule has 2 aliphatic rings. The van der Waals surface area contributed by atoms with Gasteiger partial charge in [-0.3, -0.25) is 4.99 Å². The van der Waals surface area contributed by atoms with Gasteiger partial charge in [0.2, 0.25) is 40.8 Å². The first-order chi connectivity index (χ1) is 26.8. The van der Waals surface area contributed by atoms with Crippen molar-refractivity contribution in [2.24, 2.45) is 10.7 Å². The highest BCUT2D eigenvalue weighted by Crippen LogP contribution is 2.45. The molecule has 4 N–H and O–H groups in total. The van der Waals surface area contributed by atoms with Crippen LogP contribution in [-0.2, 0) is 26.0 Å². The molecule has 1 aliphatic carbocycles. The number of rotatable bonds is 11. The molecular weight excluding hydrogens is 776 g/mol. The van der Waals surface area contributed by atoms with Gasteiger partial charge >= 0.3 is 12.1 Å². The van der Waals surface area contributed by atoms with Gasteiger partial charge in [-0.05, 0) is 86.4 Å². The highest BCUT2D eigenvalue weighted by Gasteiger charge is 2.37. The van der Waals surface area contributed by atoms with Gasteiger partial charge in [0.05, 0.1) is 4.90 Å². The van der Waals surface area contributed by atoms with Gasteiger partial charge in [0.1, 0.15) is 24.0 Å². The van der Waals surface area contributed by atoms with Crippen molar-refractivity contribution < 1.29 is 54.2 Å². The van der Waals surface area contributed by atoms with Crippen LogP contribution in [0.15, 0.2) is 58.4 Å². The fraction of sp³-hybridized carbons (Fsp3) is 0.325. The van der Waals surface area contributed by atoms with E-state index < -0.39 is 74.5 Å². The number of guanidine groups is 1. The van der Waals surface area contributed by atoms with Crippen LogP contribution < -0.4 is 25.2 Å². The molecule has 0 radical (unpaired) electrons. The number of carbonyl (C=O) groups is 2. The summed E-state index contributed by atoms with van der Waals surface area (Å²) in [5.41, 5.74) is 11.5. The van der Waals surface area contributed by atoms with Gasteiger partial charge < -0.3 is 25.3 Å². The number of nitrogens with two attached hydrogens (primary N) is 1. The van der Waals surface area contributed by atoms with E-state index in [2.05, 4.69) is 19.8 Å². The van der Waals surface area contributed by atoms with Gasteiger partial charge in [-0.15, -0.1) is 0 Å². The van der Waals surface area contributed by atoms with E-state index in [-0.39, 0.29) is 36.8 Å². The summed E-state index contributed by atoms with van der Waals surface area (Å²) in [6, 6.07) is 13.2. The van der Waals surface area contributed by atoms with Crippen molar-refractivity contribution in [2.75, 3.05) is 13.2 Å². The molecule has 11 nitrogen and oxygen atoms in total. The molecule has 6 rings (SSSR count). The molecule has 57 heavy (non-hydrogen) atoms. The van der Waals surface area contributed by atoms with Crippen LogP contribution in [0.2, 0.25) is 0 Å². The van der Waals surface area contributed by atoms with Crippen LogP contribution in [0.3, 0.4) is 0 Å². The molecule has 1 amide bonds. The van der Waals surface area contributed by atoms with Crippen molar-refractivity contribution >= 4 is 28.0 Å². The zero-order chi connectivity index (χ0) is 41.6. The Morgan fingerprint density at radius 1 is 0.895 bits per heavy atom. The lowest BCUT2D eigenvalue weighted by atomic mass is 9.94. The molecular formula is C40H39F5N4O7S. The number of nitrogens with one attached hydrogen (secondary N) is 2. The zero-order valence-electron chi connectivity index (χ0n) is 31.5. The lowest BCUT2D eigenvalue weighted by Crippen LogP contribution is -2.44. The van der Waals surface area contributed by atoms with E-state index >= 15 is 0 Å². The number of fused-ring (bicyclic) bond motifs is 4. The topological polar surface area (TPSA) is 158 Å². The maximum atomic E-state index is 14.4. The van der Waals surface area contributed by atoms with Crippen LogP contribution in [0.4, 0.5) is 26.7 Å². The molecule has 1 unspecified atom stereocenters. The number of ether oxygens (including phenoxy) is 3. The summed E-state index contributed by atoms with van der Waals surface area (Å²) in [7, 11) is -4.26. The van der Waals surface area contributed by atoms with Crippen LogP contribution in [0.1, 0.15) is 66.0 Å². The van der Waals surface area contributed by atoms with E-state index in [1.807, 2.05) is 62.4 Å². The molecule has 4 aromatic rings. The highest BCUT2D eigenvalue weighted by atomic mass is 32.2. The normalized spacial score (nSPS) is 14.9. The first kappa shape index (κ1) is 40.9. The Morgan fingerprint density at radius 2 is 1.46 bits per heavy atom. The molecule has 1 heterocycles. The number of hydrogen-bond acceptors (Lipinski definition) is 8. The Bertz CT molecular complexity index is 2370. The molecule has 0 saturated heterocycles. The standard InChI is InChI=1S/C40H39F5N4O7S/c1-19-20(2)36(21(3)26-17-40(4,5)56-34(19)26)57(52,53)49-38(46)47-16-10-15-28(37(50)55-35-32(44)30(42)29(41)31(43)33(35)45)48-39(51)54-18-27-24-13-8-6-11-22(24)23-12-7-9-14-25(23)27/h6-9,11-14,27-28H,10,15-18H2,1-5H3,(H,48,51)(H3,46,47,49). The summed E-state index contributed by atoms with van der Waals surface area (Å²) < 4.78 is 116. The highest BCUT2D eigenvalue weighted by molar-refractivity contribution is 7.90. The van der Waals surface area contributed by atoms with E-state index in [4.69, 9.17) is 15.2 Å². The Labute approximate surface area is 325 Å². The Kier molecular flexibility index (Phi) is 11.3. The number of halogens is 5. The minimum absolute atomic E-state index is 0.0152. The van der Waals surface area contributed by atoms with Crippen molar-refractivity contribution in [3.05, 3.63) is 111 Å². The third kappa shape index (κ3) is 7.97. The van der Waals surface area contributed by atoms with E-state index in [1.165, 1.54) is 0 Å². The monoisotopic (exact) mass is 814 g/mol. The minimum atomic E-state index is -4.26. The Morgan fingerprint density at radius 3 is 2.05 bits per heavy atom. The summed E-state index contributed by atoms with van der Waals surface area (Å²) in [6.07, 6.45) is -1.19. The number of benzene rings is 4. The lowest BCUT2D eigenvalue weighted by molar-refractivity contribution is -0.137. The van der Waals surface area contributed by atoms with Gasteiger partial charge in [0, 0.05) is 24.4 Å². The summed E-state index contributed by atoms with van der Waals surface area (Å²) in [6.45, 7) is 8.44. The van der Waals surface area contributed by atoms with Crippen molar-refractivity contribution in [2.45, 2.75) is 76.3 Å². The predicted octanol–water partition coefficient (Wildman–Crippen LogP) is 6.91. The Balaban J connectivity index is 1.16. The first-order valence-corrected chi connectivity index (χ1v) is 19.3. The molecule has 302 valence electrons. The third-order valence-electron chi connectivity index (χ3n) is 10.0. The molecule has 0 saturated carbocycles. The average molecular weight is 815 g/mol. The van der Waals surface area contributed by atoms with Crippen LogP contribution in [0.5, 0.6) is 11.5 Å². The van der Waals surface area contributed by atoms with Crippen LogP contribution in [0.25, 0.3) is 11.1 Å². The smallest absolute Gasteiger partial charge is 0.407 e. The molecule has 4 aromatic carbocycles. The number of carbonyl (C=O) groups excluding carboxylic acids is 2. The number of aliphatic imine (C=N–C) groups is 1. The van der Waals surface area contributed by atoms with E-state index in [9.17, 15) is 40.0 Å². The zero-order valence-corrected chi connectivity index (χ0v) is 32.3. The van der Waals surface area contributed by atoms with Crippen LogP contribution >= 0.6 is 0 Å². The fourth-order valence-electron chi connectivity index (χ4n) is 7.24. The van der Waals surface area contributed by atoms with Gasteiger partial charge in [-0.25, -0.2) is 35.9 Å². The van der Waals surface area contributed by atoms with Gasteiger partial charge in [0.25, 0.3) is 10.0 Å². The predicted molar refractivity (Wildman–Crippen MR) is 199 cm³/mol. The maximum absolute atomic E-state index is 14.4. The number of amides is 1. The van der Waals surface area contributed by atoms with Gasteiger partial charge in [-0.1, -0.05) is 48.5 Å². The Hall–Kier alpha value is -5.71. The first-order valence-electron chi connectivity index (χ1n) is 17.8. The second-order valence-electron chi connectivity index (χ2n) is 14.4.